The summed E-state index contributed by atoms with van der Waals surface area (Å²) >= 11 is 12.2. The molecule has 0 amide bonds. The topological polar surface area (TPSA) is 61.5 Å². The Bertz CT molecular complexity index is 1110. The summed E-state index contributed by atoms with van der Waals surface area (Å²) in [5, 5.41) is 11.4. The number of anilines is 1. The van der Waals surface area contributed by atoms with Crippen molar-refractivity contribution in [2.75, 3.05) is 10.8 Å². The Kier molecular flexibility index (Phi) is 3.79. The van der Waals surface area contributed by atoms with Crippen molar-refractivity contribution in [2.24, 2.45) is 0 Å². The third-order valence-electron chi connectivity index (χ3n) is 4.27. The largest absolute Gasteiger partial charge is 0.285 e. The molecule has 128 valence electrons. The van der Waals surface area contributed by atoms with E-state index >= 15 is 0 Å². The first-order valence-corrected chi connectivity index (χ1v) is 9.71. The quantitative estimate of drug-likeness (QED) is 0.534. The summed E-state index contributed by atoms with van der Waals surface area (Å²) in [5.41, 5.74) is 1.53. The minimum atomic E-state index is -3.83. The summed E-state index contributed by atoms with van der Waals surface area (Å²) in [6, 6.07) is 9.85. The maximum atomic E-state index is 13.3. The van der Waals surface area contributed by atoms with E-state index in [1.165, 1.54) is 22.8 Å². The Hall–Kier alpha value is -2.02. The number of hydrogen-bond donors (Lipinski definition) is 1. The summed E-state index contributed by atoms with van der Waals surface area (Å²) in [6.07, 6.45) is 3.42. The highest BCUT2D eigenvalue weighted by Gasteiger charge is 2.32. The van der Waals surface area contributed by atoms with E-state index in [0.29, 0.717) is 34.4 Å². The Labute approximate surface area is 154 Å². The van der Waals surface area contributed by atoms with Gasteiger partial charge in [0.05, 0.1) is 16.0 Å². The third-order valence-corrected chi connectivity index (χ3v) is 6.58. The fraction of sp³-hybridized carbons (Fsp3) is 0.118. The minimum Gasteiger partial charge on any atom is -0.285 e. The lowest BCUT2D eigenvalue weighted by Crippen LogP contribution is -2.30. The Morgan fingerprint density at radius 1 is 1.08 bits per heavy atom. The van der Waals surface area contributed by atoms with Crippen molar-refractivity contribution in [2.45, 2.75) is 11.3 Å². The predicted molar refractivity (Wildman–Crippen MR) is 96.0 cm³/mol. The second-order valence-corrected chi connectivity index (χ2v) is 8.54. The van der Waals surface area contributed by atoms with Crippen LogP contribution in [0.5, 0.6) is 0 Å². The van der Waals surface area contributed by atoms with Gasteiger partial charge in [0.1, 0.15) is 0 Å². The molecule has 5 nitrogen and oxygen atoms in total. The van der Waals surface area contributed by atoms with Crippen LogP contribution in [0.3, 0.4) is 0 Å². The smallest absolute Gasteiger partial charge is 0.265 e. The van der Waals surface area contributed by atoms with Gasteiger partial charge in [-0.05, 0) is 36.2 Å². The van der Waals surface area contributed by atoms with Gasteiger partial charge in [-0.15, -0.1) is 0 Å². The standard InChI is InChI=1S/C17H13Cl2N2O3S/c18-13-2-1-11-3-6-21(16(11)8-13)25(23,24)17-9-14(19)7-12-10-20(22)5-4-15(12)17/h1-2,4-5,7-10,22H,3,6H2/q+1. The molecule has 0 radical (unpaired) electrons. The summed E-state index contributed by atoms with van der Waals surface area (Å²) in [5.74, 6) is 0. The van der Waals surface area contributed by atoms with Gasteiger partial charge in [0, 0.05) is 32.8 Å². The van der Waals surface area contributed by atoms with Crippen molar-refractivity contribution in [1.82, 2.24) is 0 Å². The van der Waals surface area contributed by atoms with E-state index < -0.39 is 10.0 Å². The Morgan fingerprint density at radius 3 is 2.68 bits per heavy atom. The van der Waals surface area contributed by atoms with Crippen LogP contribution in [0.2, 0.25) is 10.0 Å². The Balaban J connectivity index is 1.94. The van der Waals surface area contributed by atoms with E-state index in [2.05, 4.69) is 0 Å². The van der Waals surface area contributed by atoms with E-state index in [0.717, 1.165) is 10.3 Å². The van der Waals surface area contributed by atoms with Crippen LogP contribution < -0.4 is 9.04 Å². The van der Waals surface area contributed by atoms with E-state index in [-0.39, 0.29) is 9.92 Å². The zero-order chi connectivity index (χ0) is 17.8. The lowest BCUT2D eigenvalue weighted by atomic mass is 10.2. The maximum absolute atomic E-state index is 13.3. The summed E-state index contributed by atoms with van der Waals surface area (Å²) in [6.45, 7) is 0.346. The molecule has 0 saturated heterocycles. The maximum Gasteiger partial charge on any atom is 0.265 e. The molecule has 4 rings (SSSR count). The van der Waals surface area contributed by atoms with Gasteiger partial charge >= 0.3 is 0 Å². The van der Waals surface area contributed by atoms with Crippen LogP contribution in [-0.4, -0.2) is 20.2 Å². The molecule has 25 heavy (non-hydrogen) atoms. The molecule has 0 spiro atoms. The van der Waals surface area contributed by atoms with Gasteiger partial charge in [0.15, 0.2) is 0 Å². The van der Waals surface area contributed by atoms with Crippen LogP contribution in [-0.2, 0) is 16.4 Å². The highest BCUT2D eigenvalue weighted by Crippen LogP contribution is 2.37. The summed E-state index contributed by atoms with van der Waals surface area (Å²) in [4.78, 5) is 0.100. The highest BCUT2D eigenvalue weighted by molar-refractivity contribution is 7.93. The van der Waals surface area contributed by atoms with Crippen LogP contribution in [0.4, 0.5) is 5.69 Å². The van der Waals surface area contributed by atoms with Crippen LogP contribution in [0.1, 0.15) is 5.56 Å². The number of fused-ring (bicyclic) bond motifs is 2. The molecule has 1 aliphatic heterocycles. The molecule has 0 bridgehead atoms. The number of aromatic nitrogens is 1. The molecule has 8 heteroatoms. The van der Waals surface area contributed by atoms with Crippen molar-refractivity contribution < 1.29 is 18.4 Å². The molecule has 0 atom stereocenters. The van der Waals surface area contributed by atoms with E-state index in [1.54, 1.807) is 24.3 Å². The molecule has 0 aliphatic carbocycles. The lowest BCUT2D eigenvalue weighted by Gasteiger charge is -2.20. The fourth-order valence-corrected chi connectivity index (χ4v) is 5.34. The number of halogens is 2. The van der Waals surface area contributed by atoms with Gasteiger partial charge in [-0.3, -0.25) is 9.51 Å². The van der Waals surface area contributed by atoms with Crippen LogP contribution in [0, 0.1) is 0 Å². The molecular weight excluding hydrogens is 383 g/mol. The zero-order valence-corrected chi connectivity index (χ0v) is 15.2. The summed E-state index contributed by atoms with van der Waals surface area (Å²) < 4.78 is 28.9. The number of rotatable bonds is 2. The van der Waals surface area contributed by atoms with E-state index in [9.17, 15) is 13.6 Å². The number of hydrogen-bond acceptors (Lipinski definition) is 3. The zero-order valence-electron chi connectivity index (χ0n) is 12.9. The van der Waals surface area contributed by atoms with Gasteiger partial charge in [-0.25, -0.2) is 8.42 Å². The summed E-state index contributed by atoms with van der Waals surface area (Å²) in [7, 11) is -3.83. The first-order chi connectivity index (χ1) is 11.9. The van der Waals surface area contributed by atoms with Crippen LogP contribution in [0.25, 0.3) is 10.8 Å². The van der Waals surface area contributed by atoms with E-state index in [4.69, 9.17) is 23.2 Å². The van der Waals surface area contributed by atoms with Gasteiger partial charge in [-0.2, -0.15) is 0 Å². The molecule has 0 fully saturated rings. The molecule has 0 saturated carbocycles. The second kappa shape index (κ2) is 5.76. The van der Waals surface area contributed by atoms with Crippen molar-refractivity contribution in [3.63, 3.8) is 0 Å². The lowest BCUT2D eigenvalue weighted by molar-refractivity contribution is -0.903. The average Bonchev–Trinajstić information content (AvgIpc) is 2.97. The fourth-order valence-electron chi connectivity index (χ4n) is 3.14. The first kappa shape index (κ1) is 16.4. The molecule has 1 aliphatic rings. The number of sulfonamides is 1. The minimum absolute atomic E-state index is 0.100. The monoisotopic (exact) mass is 395 g/mol. The normalized spacial score (nSPS) is 14.1. The molecule has 1 N–H and O–H groups in total. The Morgan fingerprint density at radius 2 is 1.88 bits per heavy atom. The predicted octanol–water partition coefficient (Wildman–Crippen LogP) is 3.42. The number of pyridine rings is 1. The number of nitrogens with zero attached hydrogens (tertiary/aromatic N) is 2. The molecule has 0 unspecified atom stereocenters. The van der Waals surface area contributed by atoms with E-state index in [1.807, 2.05) is 6.07 Å². The molecule has 2 aromatic carbocycles. The molecule has 2 heterocycles. The van der Waals surface area contributed by atoms with Gasteiger partial charge in [0.2, 0.25) is 12.4 Å². The van der Waals surface area contributed by atoms with Gasteiger partial charge < -0.3 is 0 Å². The molecule has 3 aromatic rings. The van der Waals surface area contributed by atoms with Crippen LogP contribution in [0.15, 0.2) is 53.7 Å². The van der Waals surface area contributed by atoms with Crippen molar-refractivity contribution in [3.8, 4) is 0 Å². The average molecular weight is 396 g/mol. The molecular formula is C17H13Cl2N2O3S+. The van der Waals surface area contributed by atoms with Crippen LogP contribution >= 0.6 is 23.2 Å². The second-order valence-electron chi connectivity index (χ2n) is 5.83. The highest BCUT2D eigenvalue weighted by atomic mass is 35.5. The van der Waals surface area contributed by atoms with Gasteiger partial charge in [-0.1, -0.05) is 29.3 Å². The van der Waals surface area contributed by atoms with Crippen molar-refractivity contribution in [3.05, 3.63) is 64.4 Å². The van der Waals surface area contributed by atoms with Crippen molar-refractivity contribution >= 4 is 49.7 Å². The first-order valence-electron chi connectivity index (χ1n) is 7.51. The van der Waals surface area contributed by atoms with Crippen molar-refractivity contribution in [1.29, 1.82) is 0 Å². The third kappa shape index (κ3) is 2.70. The SMILES string of the molecule is O=S(=O)(c1cc(Cl)cc2c[n+](O)ccc12)N1CCc2ccc(Cl)cc21. The van der Waals surface area contributed by atoms with Gasteiger partial charge in [0.25, 0.3) is 10.0 Å². The number of benzene rings is 2. The molecule has 1 aromatic heterocycles.